The maximum atomic E-state index is 11.5. The minimum absolute atomic E-state index is 0.129. The zero-order valence-corrected chi connectivity index (χ0v) is 13.4. The second-order valence-electron chi connectivity index (χ2n) is 6.47. The van der Waals surface area contributed by atoms with E-state index in [2.05, 4.69) is 25.1 Å². The van der Waals surface area contributed by atoms with Crippen LogP contribution in [-0.4, -0.2) is 12.6 Å². The Morgan fingerprint density at radius 3 is 2.62 bits per heavy atom. The summed E-state index contributed by atoms with van der Waals surface area (Å²) in [6.45, 7) is 4.67. The van der Waals surface area contributed by atoms with Gasteiger partial charge in [0.15, 0.2) is 0 Å². The lowest BCUT2D eigenvalue weighted by Gasteiger charge is -2.26. The van der Waals surface area contributed by atoms with Gasteiger partial charge >= 0.3 is 5.97 Å². The van der Waals surface area contributed by atoms with Crippen molar-refractivity contribution in [2.45, 2.75) is 58.8 Å². The minimum atomic E-state index is -0.129. The Bertz CT molecular complexity index is 445. The highest BCUT2D eigenvalue weighted by Gasteiger charge is 2.17. The molecular formula is C19H28O2. The molecule has 0 radical (unpaired) electrons. The molecule has 0 unspecified atom stereocenters. The molecular weight excluding hydrogens is 260 g/mol. The van der Waals surface area contributed by atoms with Gasteiger partial charge in [-0.2, -0.15) is 0 Å². The smallest absolute Gasteiger partial charge is 0.310 e. The van der Waals surface area contributed by atoms with Crippen LogP contribution in [0.5, 0.6) is 0 Å². The van der Waals surface area contributed by atoms with Crippen LogP contribution >= 0.6 is 0 Å². The van der Waals surface area contributed by atoms with Gasteiger partial charge in [0.2, 0.25) is 0 Å². The van der Waals surface area contributed by atoms with Crippen molar-refractivity contribution in [1.29, 1.82) is 0 Å². The molecule has 1 aromatic rings. The van der Waals surface area contributed by atoms with Crippen LogP contribution in [0.25, 0.3) is 0 Å². The molecule has 1 aliphatic carbocycles. The lowest BCUT2D eigenvalue weighted by Crippen LogP contribution is -2.13. The van der Waals surface area contributed by atoms with Gasteiger partial charge in [-0.25, -0.2) is 0 Å². The van der Waals surface area contributed by atoms with Crippen molar-refractivity contribution >= 4 is 5.97 Å². The molecule has 0 N–H and O–H groups in total. The van der Waals surface area contributed by atoms with Crippen molar-refractivity contribution in [2.24, 2.45) is 11.8 Å². The molecule has 1 aliphatic rings. The van der Waals surface area contributed by atoms with Crippen molar-refractivity contribution in [3.63, 3.8) is 0 Å². The third-order valence-corrected chi connectivity index (χ3v) is 4.62. The summed E-state index contributed by atoms with van der Waals surface area (Å²) in [6.07, 6.45) is 8.39. The number of hydrogen-bond donors (Lipinski definition) is 0. The Hall–Kier alpha value is -1.31. The zero-order valence-electron chi connectivity index (χ0n) is 13.4. The third kappa shape index (κ3) is 5.53. The average Bonchev–Trinajstić information content (AvgIpc) is 2.47. The third-order valence-electron chi connectivity index (χ3n) is 4.62. The molecule has 1 fully saturated rings. The summed E-state index contributed by atoms with van der Waals surface area (Å²) >= 11 is 0. The molecule has 2 nitrogen and oxygen atoms in total. The van der Waals surface area contributed by atoms with Crippen LogP contribution in [0, 0.1) is 11.8 Å². The highest BCUT2D eigenvalue weighted by atomic mass is 16.5. The number of hydrogen-bond acceptors (Lipinski definition) is 2. The molecule has 0 saturated heterocycles. The first-order chi connectivity index (χ1) is 10.2. The van der Waals surface area contributed by atoms with Crippen LogP contribution < -0.4 is 0 Å². The summed E-state index contributed by atoms with van der Waals surface area (Å²) in [6, 6.07) is 8.43. The molecule has 0 heterocycles. The van der Waals surface area contributed by atoms with Gasteiger partial charge in [-0.05, 0) is 42.7 Å². The van der Waals surface area contributed by atoms with Crippen LogP contribution in [0.1, 0.15) is 57.1 Å². The van der Waals surface area contributed by atoms with E-state index in [-0.39, 0.29) is 5.97 Å². The molecule has 2 heteroatoms. The van der Waals surface area contributed by atoms with Crippen molar-refractivity contribution in [2.75, 3.05) is 6.61 Å². The summed E-state index contributed by atoms with van der Waals surface area (Å²) < 4.78 is 5.01. The van der Waals surface area contributed by atoms with Gasteiger partial charge in [0.25, 0.3) is 0 Å². The van der Waals surface area contributed by atoms with Crippen molar-refractivity contribution in [3.8, 4) is 0 Å². The first-order valence-corrected chi connectivity index (χ1v) is 8.40. The second kappa shape index (κ2) is 8.21. The minimum Gasteiger partial charge on any atom is -0.466 e. The van der Waals surface area contributed by atoms with Gasteiger partial charge in [0, 0.05) is 0 Å². The maximum absolute atomic E-state index is 11.5. The van der Waals surface area contributed by atoms with E-state index in [0.29, 0.717) is 13.0 Å². The van der Waals surface area contributed by atoms with Crippen molar-refractivity contribution in [1.82, 2.24) is 0 Å². The lowest BCUT2D eigenvalue weighted by atomic mass is 9.80. The molecule has 2 rings (SSSR count). The van der Waals surface area contributed by atoms with Gasteiger partial charge in [-0.3, -0.25) is 4.79 Å². The van der Waals surface area contributed by atoms with Gasteiger partial charge in [-0.1, -0.05) is 56.9 Å². The van der Waals surface area contributed by atoms with Crippen LogP contribution in [0.4, 0.5) is 0 Å². The SMILES string of the molecule is CCOC(=O)Cc1cccc(CCC2CCC(C)CC2)c1. The largest absolute Gasteiger partial charge is 0.466 e. The van der Waals surface area contributed by atoms with E-state index in [9.17, 15) is 4.79 Å². The Balaban J connectivity index is 1.82. The van der Waals surface area contributed by atoms with Crippen LogP contribution in [0.2, 0.25) is 0 Å². The first-order valence-electron chi connectivity index (χ1n) is 8.40. The molecule has 1 saturated carbocycles. The molecule has 0 aromatic heterocycles. The highest BCUT2D eigenvalue weighted by Crippen LogP contribution is 2.31. The molecule has 0 aliphatic heterocycles. The summed E-state index contributed by atoms with van der Waals surface area (Å²) in [5, 5.41) is 0. The molecule has 116 valence electrons. The van der Waals surface area contributed by atoms with E-state index < -0.39 is 0 Å². The predicted molar refractivity (Wildman–Crippen MR) is 86.2 cm³/mol. The summed E-state index contributed by atoms with van der Waals surface area (Å²) in [4.78, 5) is 11.5. The standard InChI is InChI=1S/C19H28O2/c1-3-21-19(20)14-18-6-4-5-17(13-18)12-11-16-9-7-15(2)8-10-16/h4-6,13,15-16H,3,7-12,14H2,1-2H3. The number of rotatable bonds is 6. The van der Waals surface area contributed by atoms with Gasteiger partial charge < -0.3 is 4.74 Å². The number of carbonyl (C=O) groups excluding carboxylic acids is 1. The fraction of sp³-hybridized carbons (Fsp3) is 0.632. The molecule has 0 bridgehead atoms. The number of aryl methyl sites for hydroxylation is 1. The average molecular weight is 288 g/mol. The van der Waals surface area contributed by atoms with E-state index >= 15 is 0 Å². The van der Waals surface area contributed by atoms with E-state index in [1.165, 1.54) is 37.7 Å². The fourth-order valence-electron chi connectivity index (χ4n) is 3.26. The van der Waals surface area contributed by atoms with Crippen molar-refractivity contribution < 1.29 is 9.53 Å². The van der Waals surface area contributed by atoms with E-state index in [1.807, 2.05) is 13.0 Å². The molecule has 0 spiro atoms. The Kier molecular flexibility index (Phi) is 6.28. The fourth-order valence-corrected chi connectivity index (χ4v) is 3.26. The lowest BCUT2D eigenvalue weighted by molar-refractivity contribution is -0.142. The monoisotopic (exact) mass is 288 g/mol. The van der Waals surface area contributed by atoms with E-state index in [0.717, 1.165) is 23.8 Å². The highest BCUT2D eigenvalue weighted by molar-refractivity contribution is 5.72. The molecule has 21 heavy (non-hydrogen) atoms. The number of ether oxygens (including phenoxy) is 1. The maximum Gasteiger partial charge on any atom is 0.310 e. The van der Waals surface area contributed by atoms with Gasteiger partial charge in [0.05, 0.1) is 13.0 Å². The Morgan fingerprint density at radius 2 is 1.90 bits per heavy atom. The van der Waals surface area contributed by atoms with Crippen molar-refractivity contribution in [3.05, 3.63) is 35.4 Å². The van der Waals surface area contributed by atoms with Gasteiger partial charge in [-0.15, -0.1) is 0 Å². The van der Waals surface area contributed by atoms with Gasteiger partial charge in [0.1, 0.15) is 0 Å². The predicted octanol–water partition coefficient (Wildman–Crippen LogP) is 4.55. The zero-order chi connectivity index (χ0) is 15.1. The van der Waals surface area contributed by atoms with Crippen LogP contribution in [0.3, 0.4) is 0 Å². The van der Waals surface area contributed by atoms with Crippen LogP contribution in [0.15, 0.2) is 24.3 Å². The second-order valence-corrected chi connectivity index (χ2v) is 6.47. The van der Waals surface area contributed by atoms with Crippen LogP contribution in [-0.2, 0) is 22.4 Å². The first kappa shape index (κ1) is 16.1. The normalized spacial score (nSPS) is 22.0. The summed E-state index contributed by atoms with van der Waals surface area (Å²) in [5.41, 5.74) is 2.43. The molecule has 1 aromatic carbocycles. The Labute approximate surface area is 128 Å². The summed E-state index contributed by atoms with van der Waals surface area (Å²) in [7, 11) is 0. The van der Waals surface area contributed by atoms with E-state index in [1.54, 1.807) is 0 Å². The number of benzene rings is 1. The molecule has 0 atom stereocenters. The topological polar surface area (TPSA) is 26.3 Å². The quantitative estimate of drug-likeness (QED) is 0.718. The number of esters is 1. The number of carbonyl (C=O) groups is 1. The Morgan fingerprint density at radius 1 is 1.19 bits per heavy atom. The molecule has 0 amide bonds. The van der Waals surface area contributed by atoms with E-state index in [4.69, 9.17) is 4.74 Å². The summed E-state index contributed by atoms with van der Waals surface area (Å²) in [5.74, 6) is 1.69.